The van der Waals surface area contributed by atoms with Crippen LogP contribution in [-0.4, -0.2) is 65.7 Å². The Morgan fingerprint density at radius 2 is 0.855 bits per heavy atom. The Balaban J connectivity index is 4.04. The molecule has 0 spiro atoms. The molecule has 3 unspecified atom stereocenters. The summed E-state index contributed by atoms with van der Waals surface area (Å²) in [6, 6.07) is 0. The van der Waals surface area contributed by atoms with Crippen molar-refractivity contribution in [1.29, 1.82) is 0 Å². The standard InChI is InChI=1S/C44H73O10P/c1-3-5-7-9-11-13-15-17-18-19-20-21-22-24-26-28-30-32-34-36-44(48)54-42(38-46)40-52-55(49,50)51-39-41(37-45)53-43(47)35-33-31-29-27-25-23-16-14-12-10-8-6-4-2/h5,7-8,10-11,13-14,16-18,20-21,24,26,41-42,45-46H,3-4,6,9,12,15,19,22-23,25,27-40H2,1-2H3,(H,49,50)/b7-5-,10-8-,13-11-,16-14-,18-17-,21-20-,26-24-. The lowest BCUT2D eigenvalue weighted by Gasteiger charge is -2.20. The number of allylic oxidation sites excluding steroid dienone is 14. The monoisotopic (exact) mass is 792 g/mol. The minimum atomic E-state index is -4.65. The summed E-state index contributed by atoms with van der Waals surface area (Å²) in [5.74, 6) is -1.08. The second kappa shape index (κ2) is 39.4. The predicted octanol–water partition coefficient (Wildman–Crippen LogP) is 10.7. The van der Waals surface area contributed by atoms with E-state index in [9.17, 15) is 29.3 Å². The minimum absolute atomic E-state index is 0.147. The first-order valence-corrected chi connectivity index (χ1v) is 22.0. The van der Waals surface area contributed by atoms with Crippen molar-refractivity contribution in [2.24, 2.45) is 0 Å². The zero-order chi connectivity index (χ0) is 40.5. The SMILES string of the molecule is CC/C=C\C/C=C\C/C=C\C/C=C\C/C=C\CCCCCC(=O)OC(CO)COP(=O)(O)OCC(CO)OC(=O)CCCCCCC/C=C\C/C=C\CCC. The number of ether oxygens (including phenoxy) is 2. The van der Waals surface area contributed by atoms with Crippen molar-refractivity contribution in [3.63, 3.8) is 0 Å². The lowest BCUT2D eigenvalue weighted by Crippen LogP contribution is -2.28. The third-order valence-corrected chi connectivity index (χ3v) is 9.02. The molecule has 0 fully saturated rings. The first-order chi connectivity index (χ1) is 26.8. The number of hydrogen-bond donors (Lipinski definition) is 3. The Kier molecular flexibility index (Phi) is 37.3. The van der Waals surface area contributed by atoms with Crippen LogP contribution in [0, 0.1) is 0 Å². The fourth-order valence-corrected chi connectivity index (χ4v) is 5.73. The molecule has 314 valence electrons. The van der Waals surface area contributed by atoms with E-state index < -0.39 is 58.4 Å². The number of phosphoric acid groups is 1. The average Bonchev–Trinajstić information content (AvgIpc) is 3.17. The van der Waals surface area contributed by atoms with Crippen LogP contribution >= 0.6 is 7.82 Å². The van der Waals surface area contributed by atoms with E-state index in [-0.39, 0.29) is 12.8 Å². The molecule has 0 saturated heterocycles. The van der Waals surface area contributed by atoms with Gasteiger partial charge < -0.3 is 24.6 Å². The van der Waals surface area contributed by atoms with Gasteiger partial charge in [-0.3, -0.25) is 18.6 Å². The van der Waals surface area contributed by atoms with Crippen LogP contribution in [0.15, 0.2) is 85.1 Å². The number of phosphoric ester groups is 1. The zero-order valence-corrected chi connectivity index (χ0v) is 34.7. The van der Waals surface area contributed by atoms with Gasteiger partial charge in [0.15, 0.2) is 0 Å². The summed E-state index contributed by atoms with van der Waals surface area (Å²) in [5.41, 5.74) is 0. The molecule has 0 aromatic rings. The molecule has 3 N–H and O–H groups in total. The molecule has 55 heavy (non-hydrogen) atoms. The van der Waals surface area contributed by atoms with Crippen LogP contribution in [0.25, 0.3) is 0 Å². The molecule has 0 aromatic heterocycles. The van der Waals surface area contributed by atoms with E-state index in [1.165, 1.54) is 6.42 Å². The van der Waals surface area contributed by atoms with Gasteiger partial charge in [-0.15, -0.1) is 0 Å². The van der Waals surface area contributed by atoms with Crippen LogP contribution in [0.2, 0.25) is 0 Å². The average molecular weight is 793 g/mol. The molecule has 0 rings (SSSR count). The van der Waals surface area contributed by atoms with Crippen molar-refractivity contribution in [3.8, 4) is 0 Å². The van der Waals surface area contributed by atoms with E-state index in [1.807, 2.05) is 0 Å². The Bertz CT molecular complexity index is 1190. The van der Waals surface area contributed by atoms with E-state index in [1.54, 1.807) is 0 Å². The fraction of sp³-hybridized carbons (Fsp3) is 0.636. The van der Waals surface area contributed by atoms with Crippen LogP contribution in [0.4, 0.5) is 0 Å². The van der Waals surface area contributed by atoms with Crippen molar-refractivity contribution >= 4 is 19.8 Å². The normalized spacial score (nSPS) is 14.8. The summed E-state index contributed by atoms with van der Waals surface area (Å²) < 4.78 is 32.5. The smallest absolute Gasteiger partial charge is 0.457 e. The van der Waals surface area contributed by atoms with Gasteiger partial charge in [-0.2, -0.15) is 0 Å². The minimum Gasteiger partial charge on any atom is -0.457 e. The van der Waals surface area contributed by atoms with Gasteiger partial charge >= 0.3 is 19.8 Å². The first-order valence-electron chi connectivity index (χ1n) is 20.5. The molecule has 11 heteroatoms. The molecule has 0 aliphatic rings. The third kappa shape index (κ3) is 37.8. The van der Waals surface area contributed by atoms with Crippen LogP contribution in [0.1, 0.15) is 142 Å². The van der Waals surface area contributed by atoms with Gasteiger partial charge in [-0.1, -0.05) is 131 Å². The quantitative estimate of drug-likeness (QED) is 0.0240. The Morgan fingerprint density at radius 1 is 0.509 bits per heavy atom. The summed E-state index contributed by atoms with van der Waals surface area (Å²) in [4.78, 5) is 34.4. The molecule has 0 radical (unpaired) electrons. The van der Waals surface area contributed by atoms with E-state index >= 15 is 0 Å². The van der Waals surface area contributed by atoms with Gasteiger partial charge in [0.05, 0.1) is 26.4 Å². The molecule has 0 bridgehead atoms. The molecular weight excluding hydrogens is 719 g/mol. The van der Waals surface area contributed by atoms with Crippen LogP contribution in [0.5, 0.6) is 0 Å². The Labute approximate surface area is 332 Å². The number of hydrogen-bond acceptors (Lipinski definition) is 9. The molecule has 0 saturated carbocycles. The van der Waals surface area contributed by atoms with Gasteiger partial charge in [0.1, 0.15) is 12.2 Å². The second-order valence-electron chi connectivity index (χ2n) is 13.2. The second-order valence-corrected chi connectivity index (χ2v) is 14.7. The first kappa shape index (κ1) is 52.2. The molecule has 0 heterocycles. The molecule has 0 aliphatic carbocycles. The highest BCUT2D eigenvalue weighted by atomic mass is 31.2. The fourth-order valence-electron chi connectivity index (χ4n) is 4.94. The Hall–Kier alpha value is -2.85. The van der Waals surface area contributed by atoms with E-state index in [0.29, 0.717) is 12.8 Å². The van der Waals surface area contributed by atoms with E-state index in [2.05, 4.69) is 98.9 Å². The number of unbranched alkanes of at least 4 members (excludes halogenated alkanes) is 9. The van der Waals surface area contributed by atoms with Crippen molar-refractivity contribution in [2.75, 3.05) is 26.4 Å². The van der Waals surface area contributed by atoms with Crippen LogP contribution in [0.3, 0.4) is 0 Å². The number of carbonyl (C=O) groups excluding carboxylic acids is 2. The summed E-state index contributed by atoms with van der Waals surface area (Å²) in [6.07, 6.45) is 45.6. The molecular formula is C44H73O10P. The summed E-state index contributed by atoms with van der Waals surface area (Å²) in [6.45, 7) is 1.94. The number of aliphatic hydroxyl groups excluding tert-OH is 2. The zero-order valence-electron chi connectivity index (χ0n) is 33.9. The third-order valence-electron chi connectivity index (χ3n) is 8.07. The molecule has 10 nitrogen and oxygen atoms in total. The van der Waals surface area contributed by atoms with Crippen LogP contribution in [-0.2, 0) is 32.7 Å². The summed E-state index contributed by atoms with van der Waals surface area (Å²) >= 11 is 0. The van der Waals surface area contributed by atoms with E-state index in [4.69, 9.17) is 18.5 Å². The van der Waals surface area contributed by atoms with Gasteiger partial charge in [0, 0.05) is 12.8 Å². The molecule has 0 aliphatic heterocycles. The van der Waals surface area contributed by atoms with Crippen molar-refractivity contribution < 1.29 is 47.8 Å². The summed E-state index contributed by atoms with van der Waals surface area (Å²) in [7, 11) is -4.65. The highest BCUT2D eigenvalue weighted by molar-refractivity contribution is 7.47. The van der Waals surface area contributed by atoms with Crippen molar-refractivity contribution in [3.05, 3.63) is 85.1 Å². The predicted molar refractivity (Wildman–Crippen MR) is 223 cm³/mol. The van der Waals surface area contributed by atoms with Gasteiger partial charge in [0.25, 0.3) is 0 Å². The summed E-state index contributed by atoms with van der Waals surface area (Å²) in [5, 5.41) is 19.1. The molecule has 3 atom stereocenters. The lowest BCUT2D eigenvalue weighted by molar-refractivity contribution is -0.153. The highest BCUT2D eigenvalue weighted by Crippen LogP contribution is 2.43. The van der Waals surface area contributed by atoms with Crippen LogP contribution < -0.4 is 0 Å². The molecule has 0 aromatic carbocycles. The number of aliphatic hydroxyl groups is 2. The number of carbonyl (C=O) groups is 2. The van der Waals surface area contributed by atoms with Gasteiger partial charge in [0.2, 0.25) is 0 Å². The van der Waals surface area contributed by atoms with E-state index in [0.717, 1.165) is 96.3 Å². The van der Waals surface area contributed by atoms with Crippen molar-refractivity contribution in [1.82, 2.24) is 0 Å². The largest absolute Gasteiger partial charge is 0.472 e. The van der Waals surface area contributed by atoms with Gasteiger partial charge in [-0.25, -0.2) is 4.57 Å². The maximum Gasteiger partial charge on any atom is 0.472 e. The van der Waals surface area contributed by atoms with Crippen molar-refractivity contribution in [2.45, 2.75) is 154 Å². The highest BCUT2D eigenvalue weighted by Gasteiger charge is 2.27. The maximum atomic E-state index is 12.3. The van der Waals surface area contributed by atoms with Gasteiger partial charge in [-0.05, 0) is 83.5 Å². The maximum absolute atomic E-state index is 12.3. The topological polar surface area (TPSA) is 149 Å². The molecule has 0 amide bonds. The lowest BCUT2D eigenvalue weighted by atomic mass is 10.1. The number of esters is 2. The number of rotatable bonds is 37. The Morgan fingerprint density at radius 3 is 1.25 bits per heavy atom.